The van der Waals surface area contributed by atoms with E-state index in [1.54, 1.807) is 0 Å². The molecule has 0 bridgehead atoms. The Balaban J connectivity index is 1.67. The Bertz CT molecular complexity index is 581. The van der Waals surface area contributed by atoms with Gasteiger partial charge in [0.25, 0.3) is 0 Å². The Morgan fingerprint density at radius 1 is 1.42 bits per heavy atom. The molecular formula is C15H17N3O. The zero-order valence-corrected chi connectivity index (χ0v) is 10.8. The third kappa shape index (κ3) is 1.66. The standard InChI is InChI=1S/C15H17N3O/c16-13(19)11-6-10-2-1-5-17-14(10)18(9-11)12-7-15(8-12)3-4-15/h1-2,5-6,12H,3-4,7-9H2,(H2,16,19). The first-order valence-electron chi connectivity index (χ1n) is 6.89. The van der Waals surface area contributed by atoms with Gasteiger partial charge in [-0.3, -0.25) is 4.79 Å². The smallest absolute Gasteiger partial charge is 0.246 e. The fourth-order valence-corrected chi connectivity index (χ4v) is 3.45. The van der Waals surface area contributed by atoms with Gasteiger partial charge in [-0.05, 0) is 49.3 Å². The molecule has 1 aromatic heterocycles. The third-order valence-electron chi connectivity index (χ3n) is 4.81. The molecule has 1 amide bonds. The summed E-state index contributed by atoms with van der Waals surface area (Å²) in [4.78, 5) is 18.3. The van der Waals surface area contributed by atoms with Crippen molar-refractivity contribution < 1.29 is 4.79 Å². The highest BCUT2D eigenvalue weighted by Gasteiger charge is 2.55. The average Bonchev–Trinajstić information content (AvgIpc) is 3.16. The van der Waals surface area contributed by atoms with Gasteiger partial charge < -0.3 is 10.6 Å². The molecule has 2 N–H and O–H groups in total. The van der Waals surface area contributed by atoms with E-state index in [1.165, 1.54) is 25.7 Å². The molecule has 3 aliphatic rings. The normalized spacial score (nSPS) is 23.6. The van der Waals surface area contributed by atoms with Crippen molar-refractivity contribution in [3.8, 4) is 0 Å². The van der Waals surface area contributed by atoms with E-state index < -0.39 is 0 Å². The molecule has 0 radical (unpaired) electrons. The van der Waals surface area contributed by atoms with Crippen molar-refractivity contribution in [3.63, 3.8) is 0 Å². The molecule has 19 heavy (non-hydrogen) atoms. The molecule has 2 fully saturated rings. The first-order valence-corrected chi connectivity index (χ1v) is 6.89. The summed E-state index contributed by atoms with van der Waals surface area (Å²) in [5.41, 5.74) is 7.81. The van der Waals surface area contributed by atoms with Gasteiger partial charge in [0.05, 0.1) is 6.54 Å². The van der Waals surface area contributed by atoms with Gasteiger partial charge in [0.15, 0.2) is 0 Å². The van der Waals surface area contributed by atoms with E-state index >= 15 is 0 Å². The zero-order chi connectivity index (χ0) is 13.0. The van der Waals surface area contributed by atoms with E-state index in [0.717, 1.165) is 11.4 Å². The van der Waals surface area contributed by atoms with E-state index in [-0.39, 0.29) is 5.91 Å². The minimum absolute atomic E-state index is 0.319. The Labute approximate surface area is 112 Å². The molecule has 98 valence electrons. The van der Waals surface area contributed by atoms with Gasteiger partial charge in [0, 0.05) is 23.4 Å². The summed E-state index contributed by atoms with van der Waals surface area (Å²) in [6.07, 6.45) is 8.95. The molecule has 2 heterocycles. The van der Waals surface area contributed by atoms with Gasteiger partial charge in [-0.15, -0.1) is 0 Å². The molecule has 4 nitrogen and oxygen atoms in total. The number of nitrogens with two attached hydrogens (primary N) is 1. The second-order valence-electron chi connectivity index (χ2n) is 6.14. The third-order valence-corrected chi connectivity index (χ3v) is 4.81. The number of carbonyl (C=O) groups is 1. The largest absolute Gasteiger partial charge is 0.366 e. The van der Waals surface area contributed by atoms with Gasteiger partial charge in [0.2, 0.25) is 5.91 Å². The van der Waals surface area contributed by atoms with Crippen molar-refractivity contribution in [1.29, 1.82) is 0 Å². The van der Waals surface area contributed by atoms with E-state index in [9.17, 15) is 4.79 Å². The predicted octanol–water partition coefficient (Wildman–Crippen LogP) is 1.71. The summed E-state index contributed by atoms with van der Waals surface area (Å²) in [5.74, 6) is 0.688. The zero-order valence-electron chi connectivity index (χ0n) is 10.8. The van der Waals surface area contributed by atoms with Crippen LogP contribution in [0.1, 0.15) is 31.2 Å². The minimum Gasteiger partial charge on any atom is -0.366 e. The van der Waals surface area contributed by atoms with Crippen LogP contribution in [0.25, 0.3) is 6.08 Å². The molecule has 2 saturated carbocycles. The number of carbonyl (C=O) groups excluding carboxylic acids is 1. The van der Waals surface area contributed by atoms with Crippen molar-refractivity contribution in [3.05, 3.63) is 29.5 Å². The summed E-state index contributed by atoms with van der Waals surface area (Å²) < 4.78 is 0. The summed E-state index contributed by atoms with van der Waals surface area (Å²) in [5, 5.41) is 0. The van der Waals surface area contributed by atoms with Crippen LogP contribution in [0, 0.1) is 5.41 Å². The van der Waals surface area contributed by atoms with Crippen molar-refractivity contribution in [1.82, 2.24) is 4.98 Å². The number of nitrogens with zero attached hydrogens (tertiary/aromatic N) is 2. The number of anilines is 1. The molecule has 4 heteroatoms. The Morgan fingerprint density at radius 3 is 2.89 bits per heavy atom. The van der Waals surface area contributed by atoms with Crippen molar-refractivity contribution >= 4 is 17.8 Å². The first kappa shape index (κ1) is 11.0. The SMILES string of the molecule is NC(=O)C1=Cc2cccnc2N(C2CC3(CC3)C2)C1. The van der Waals surface area contributed by atoms with Gasteiger partial charge in [-0.25, -0.2) is 4.98 Å². The Hall–Kier alpha value is -1.84. The van der Waals surface area contributed by atoms with Crippen molar-refractivity contribution in [2.75, 3.05) is 11.4 Å². The van der Waals surface area contributed by atoms with E-state index in [2.05, 4.69) is 9.88 Å². The number of pyridine rings is 1. The summed E-state index contributed by atoms with van der Waals surface area (Å²) in [6, 6.07) is 4.43. The number of primary amides is 1. The highest BCUT2D eigenvalue weighted by molar-refractivity contribution is 5.99. The van der Waals surface area contributed by atoms with Gasteiger partial charge >= 0.3 is 0 Å². The maximum absolute atomic E-state index is 11.5. The van der Waals surface area contributed by atoms with Gasteiger partial charge in [0.1, 0.15) is 5.82 Å². The lowest BCUT2D eigenvalue weighted by atomic mass is 9.75. The quantitative estimate of drug-likeness (QED) is 0.875. The van der Waals surface area contributed by atoms with Crippen LogP contribution in [-0.4, -0.2) is 23.5 Å². The van der Waals surface area contributed by atoms with Crippen LogP contribution in [0.2, 0.25) is 0 Å². The molecule has 1 spiro atoms. The average molecular weight is 255 g/mol. The summed E-state index contributed by atoms with van der Waals surface area (Å²) in [7, 11) is 0. The van der Waals surface area contributed by atoms with Gasteiger partial charge in [-0.2, -0.15) is 0 Å². The van der Waals surface area contributed by atoms with E-state index in [1.807, 2.05) is 24.4 Å². The van der Waals surface area contributed by atoms with Crippen LogP contribution in [0.15, 0.2) is 23.9 Å². The minimum atomic E-state index is -0.319. The molecule has 2 aliphatic carbocycles. The lowest BCUT2D eigenvalue weighted by Crippen LogP contribution is -2.49. The lowest BCUT2D eigenvalue weighted by molar-refractivity contribution is -0.114. The molecule has 0 saturated heterocycles. The van der Waals surface area contributed by atoms with Crippen LogP contribution < -0.4 is 10.6 Å². The summed E-state index contributed by atoms with van der Waals surface area (Å²) in [6.45, 7) is 0.611. The number of hydrogen-bond donors (Lipinski definition) is 1. The highest BCUT2D eigenvalue weighted by atomic mass is 16.1. The van der Waals surface area contributed by atoms with Crippen LogP contribution in [0.5, 0.6) is 0 Å². The highest BCUT2D eigenvalue weighted by Crippen LogP contribution is 2.62. The van der Waals surface area contributed by atoms with Crippen molar-refractivity contribution in [2.24, 2.45) is 11.1 Å². The van der Waals surface area contributed by atoms with E-state index in [4.69, 9.17) is 5.73 Å². The van der Waals surface area contributed by atoms with Crippen LogP contribution in [-0.2, 0) is 4.79 Å². The number of fused-ring (bicyclic) bond motifs is 1. The fourth-order valence-electron chi connectivity index (χ4n) is 3.45. The lowest BCUT2D eigenvalue weighted by Gasteiger charge is -2.46. The Kier molecular flexibility index (Phi) is 2.08. The second kappa shape index (κ2) is 3.59. The molecular weight excluding hydrogens is 238 g/mol. The molecule has 0 unspecified atom stereocenters. The summed E-state index contributed by atoms with van der Waals surface area (Å²) >= 11 is 0. The number of hydrogen-bond acceptors (Lipinski definition) is 3. The van der Waals surface area contributed by atoms with E-state index in [0.29, 0.717) is 23.6 Å². The molecule has 4 rings (SSSR count). The first-order chi connectivity index (χ1) is 9.17. The molecule has 0 atom stereocenters. The molecule has 1 aliphatic heterocycles. The van der Waals surface area contributed by atoms with Crippen LogP contribution in [0.4, 0.5) is 5.82 Å². The van der Waals surface area contributed by atoms with Crippen molar-refractivity contribution in [2.45, 2.75) is 31.7 Å². The maximum atomic E-state index is 11.5. The maximum Gasteiger partial charge on any atom is 0.246 e. The molecule has 1 aromatic rings. The number of aromatic nitrogens is 1. The molecule has 0 aromatic carbocycles. The van der Waals surface area contributed by atoms with Crippen LogP contribution in [0.3, 0.4) is 0 Å². The topological polar surface area (TPSA) is 59.2 Å². The monoisotopic (exact) mass is 255 g/mol. The number of amides is 1. The van der Waals surface area contributed by atoms with Gasteiger partial charge in [-0.1, -0.05) is 0 Å². The predicted molar refractivity (Wildman–Crippen MR) is 73.4 cm³/mol. The van der Waals surface area contributed by atoms with Crippen LogP contribution >= 0.6 is 0 Å². The Morgan fingerprint density at radius 2 is 2.21 bits per heavy atom. The fraction of sp³-hybridized carbons (Fsp3) is 0.467. The number of rotatable bonds is 2. The second-order valence-corrected chi connectivity index (χ2v) is 6.14.